The lowest BCUT2D eigenvalue weighted by Crippen LogP contribution is -2.59. The van der Waals surface area contributed by atoms with E-state index in [1.807, 2.05) is 97.6 Å². The molecule has 5 atom stereocenters. The number of piperidine rings is 1. The Labute approximate surface area is 235 Å². The summed E-state index contributed by atoms with van der Waals surface area (Å²) in [4.78, 5) is 29.5. The zero-order valence-electron chi connectivity index (χ0n) is 21.9. The summed E-state index contributed by atoms with van der Waals surface area (Å²) >= 11 is 12.8. The Bertz CT molecular complexity index is 1290. The van der Waals surface area contributed by atoms with E-state index < -0.39 is 11.4 Å². The minimum Gasteiger partial charge on any atom is -0.469 e. The molecule has 1 fully saturated rings. The van der Waals surface area contributed by atoms with Crippen molar-refractivity contribution < 1.29 is 14.3 Å². The Kier molecular flexibility index (Phi) is 8.64. The highest BCUT2D eigenvalue weighted by molar-refractivity contribution is 6.30. The molecular weight excluding hydrogens is 517 g/mol. The number of hydrogen-bond acceptors (Lipinski definition) is 3. The van der Waals surface area contributed by atoms with E-state index in [1.54, 1.807) is 0 Å². The van der Waals surface area contributed by atoms with Crippen molar-refractivity contribution in [1.29, 1.82) is 0 Å². The van der Waals surface area contributed by atoms with Crippen LogP contribution in [0.5, 0.6) is 0 Å². The molecule has 38 heavy (non-hydrogen) atoms. The van der Waals surface area contributed by atoms with Gasteiger partial charge in [0.1, 0.15) is 0 Å². The molecule has 2 unspecified atom stereocenters. The third-order valence-corrected chi connectivity index (χ3v) is 8.29. The lowest BCUT2D eigenvalue weighted by atomic mass is 9.57. The van der Waals surface area contributed by atoms with E-state index in [0.717, 1.165) is 16.7 Å². The second-order valence-electron chi connectivity index (χ2n) is 10.1. The number of carbonyl (C=O) groups excluding carboxylic acids is 2. The van der Waals surface area contributed by atoms with Gasteiger partial charge in [-0.3, -0.25) is 9.59 Å². The molecule has 0 N–H and O–H groups in total. The van der Waals surface area contributed by atoms with Crippen molar-refractivity contribution in [3.8, 4) is 0 Å². The average Bonchev–Trinajstić information content (AvgIpc) is 2.92. The molecule has 0 spiro atoms. The average molecular weight is 551 g/mol. The van der Waals surface area contributed by atoms with Crippen LogP contribution in [0.3, 0.4) is 0 Å². The Balaban J connectivity index is 2.09. The Hall–Kier alpha value is -3.08. The van der Waals surface area contributed by atoms with Crippen molar-refractivity contribution in [3.63, 3.8) is 0 Å². The van der Waals surface area contributed by atoms with Crippen LogP contribution in [0.2, 0.25) is 10.0 Å². The number of ether oxygens (including phenoxy) is 1. The van der Waals surface area contributed by atoms with Gasteiger partial charge in [0.15, 0.2) is 0 Å². The molecule has 3 aromatic carbocycles. The number of methoxy groups -OCH3 is 1. The molecule has 3 aromatic rings. The molecule has 6 heteroatoms. The molecule has 1 saturated heterocycles. The van der Waals surface area contributed by atoms with Gasteiger partial charge in [0.05, 0.1) is 31.0 Å². The van der Waals surface area contributed by atoms with Gasteiger partial charge < -0.3 is 9.64 Å². The minimum absolute atomic E-state index is 0.0592. The maximum Gasteiger partial charge on any atom is 0.306 e. The summed E-state index contributed by atoms with van der Waals surface area (Å²) < 4.78 is 5.12. The van der Waals surface area contributed by atoms with Crippen molar-refractivity contribution in [2.75, 3.05) is 7.11 Å². The van der Waals surface area contributed by atoms with Crippen molar-refractivity contribution >= 4 is 35.1 Å². The molecule has 4 rings (SSSR count). The van der Waals surface area contributed by atoms with E-state index in [4.69, 9.17) is 27.9 Å². The quantitative estimate of drug-likeness (QED) is 0.211. The molecule has 1 aliphatic rings. The zero-order valence-corrected chi connectivity index (χ0v) is 23.5. The standard InChI is InChI=1S/C32H33Cl2NO3/c1-5-26(6-2)35-30(22-15-17-24(33)18-16-22)28(23-13-10-14-25(34)19-23)29(21-11-8-7-9-12-21)32(3,31(35)37)20-27(36)38-4/h5,7-19,26,28-30H,1,6,20H2,2-4H3/t26?,28-,29?,30+,32+/m0/s1. The number of carbonyl (C=O) groups is 2. The van der Waals surface area contributed by atoms with Crippen LogP contribution in [-0.2, 0) is 14.3 Å². The molecule has 0 radical (unpaired) electrons. The Morgan fingerprint density at radius 2 is 1.66 bits per heavy atom. The van der Waals surface area contributed by atoms with E-state index >= 15 is 0 Å². The molecular formula is C32H33Cl2NO3. The highest BCUT2D eigenvalue weighted by Crippen LogP contribution is 2.60. The lowest BCUT2D eigenvalue weighted by molar-refractivity contribution is -0.162. The fourth-order valence-electron chi connectivity index (χ4n) is 6.05. The van der Waals surface area contributed by atoms with Crippen LogP contribution < -0.4 is 0 Å². The molecule has 1 amide bonds. The van der Waals surface area contributed by atoms with Crippen LogP contribution in [0, 0.1) is 5.41 Å². The first kappa shape index (κ1) is 27.9. The molecule has 1 aliphatic heterocycles. The first-order valence-electron chi connectivity index (χ1n) is 12.8. The van der Waals surface area contributed by atoms with Gasteiger partial charge in [-0.15, -0.1) is 6.58 Å². The predicted molar refractivity (Wildman–Crippen MR) is 153 cm³/mol. The third-order valence-electron chi connectivity index (χ3n) is 7.80. The molecule has 0 aliphatic carbocycles. The Morgan fingerprint density at radius 1 is 1.00 bits per heavy atom. The lowest BCUT2D eigenvalue weighted by Gasteiger charge is -2.56. The normalized spacial score (nSPS) is 24.1. The second-order valence-corrected chi connectivity index (χ2v) is 10.9. The van der Waals surface area contributed by atoms with Crippen LogP contribution in [0.15, 0.2) is 91.5 Å². The topological polar surface area (TPSA) is 46.6 Å². The monoisotopic (exact) mass is 549 g/mol. The van der Waals surface area contributed by atoms with Crippen molar-refractivity contribution in [2.24, 2.45) is 5.41 Å². The number of halogens is 2. The van der Waals surface area contributed by atoms with Gasteiger partial charge in [0, 0.05) is 21.9 Å². The first-order valence-corrected chi connectivity index (χ1v) is 13.6. The first-order chi connectivity index (χ1) is 18.2. The second kappa shape index (κ2) is 11.8. The van der Waals surface area contributed by atoms with E-state index in [0.29, 0.717) is 16.5 Å². The van der Waals surface area contributed by atoms with Crippen molar-refractivity contribution in [2.45, 2.75) is 50.6 Å². The van der Waals surface area contributed by atoms with Crippen LogP contribution >= 0.6 is 23.2 Å². The maximum absolute atomic E-state index is 14.8. The van der Waals surface area contributed by atoms with Gasteiger partial charge in [-0.1, -0.05) is 90.8 Å². The SMILES string of the molecule is C=CC(CC)N1C(=O)[C@](C)(CC(=O)OC)C(c2ccccc2)[C@H](c2cccc(Cl)c2)[C@H]1c1ccc(Cl)cc1. The minimum atomic E-state index is -1.10. The van der Waals surface area contributed by atoms with Crippen molar-refractivity contribution in [3.05, 3.63) is 118 Å². The summed E-state index contributed by atoms with van der Waals surface area (Å²) in [6, 6.07) is 24.8. The summed E-state index contributed by atoms with van der Waals surface area (Å²) in [6.45, 7) is 8.00. The van der Waals surface area contributed by atoms with E-state index in [-0.39, 0.29) is 36.2 Å². The zero-order chi connectivity index (χ0) is 27.4. The number of esters is 1. The van der Waals surface area contributed by atoms with Gasteiger partial charge >= 0.3 is 5.97 Å². The van der Waals surface area contributed by atoms with Gasteiger partial charge in [-0.05, 0) is 54.3 Å². The van der Waals surface area contributed by atoms with E-state index in [2.05, 4.69) is 12.6 Å². The van der Waals surface area contributed by atoms with E-state index in [1.165, 1.54) is 7.11 Å². The molecule has 0 aromatic heterocycles. The molecule has 0 bridgehead atoms. The fourth-order valence-corrected chi connectivity index (χ4v) is 6.37. The third kappa shape index (κ3) is 5.25. The summed E-state index contributed by atoms with van der Waals surface area (Å²) in [5, 5.41) is 1.23. The van der Waals surface area contributed by atoms with Crippen LogP contribution in [0.25, 0.3) is 0 Å². The predicted octanol–water partition coefficient (Wildman–Crippen LogP) is 7.98. The smallest absolute Gasteiger partial charge is 0.306 e. The van der Waals surface area contributed by atoms with Gasteiger partial charge in [0.2, 0.25) is 5.91 Å². The molecule has 1 heterocycles. The molecule has 4 nitrogen and oxygen atoms in total. The van der Waals surface area contributed by atoms with Crippen LogP contribution in [0.4, 0.5) is 0 Å². The van der Waals surface area contributed by atoms with E-state index in [9.17, 15) is 9.59 Å². The number of benzene rings is 3. The number of likely N-dealkylation sites (tertiary alicyclic amines) is 1. The summed E-state index contributed by atoms with van der Waals surface area (Å²) in [5.74, 6) is -1.13. The molecule has 0 saturated carbocycles. The summed E-state index contributed by atoms with van der Waals surface area (Å²) in [5.41, 5.74) is 1.82. The highest BCUT2D eigenvalue weighted by Gasteiger charge is 2.58. The van der Waals surface area contributed by atoms with Gasteiger partial charge in [0.25, 0.3) is 0 Å². The van der Waals surface area contributed by atoms with Gasteiger partial charge in [-0.2, -0.15) is 0 Å². The Morgan fingerprint density at radius 3 is 2.24 bits per heavy atom. The number of rotatable bonds is 8. The maximum atomic E-state index is 14.8. The number of amides is 1. The fraction of sp³-hybridized carbons (Fsp3) is 0.312. The van der Waals surface area contributed by atoms with Gasteiger partial charge in [-0.25, -0.2) is 0 Å². The number of nitrogens with zero attached hydrogens (tertiary/aromatic N) is 1. The van der Waals surface area contributed by atoms with Crippen LogP contribution in [0.1, 0.15) is 61.3 Å². The summed E-state index contributed by atoms with van der Waals surface area (Å²) in [6.07, 6.45) is 2.43. The highest BCUT2D eigenvalue weighted by atomic mass is 35.5. The van der Waals surface area contributed by atoms with Crippen LogP contribution in [-0.4, -0.2) is 29.9 Å². The summed E-state index contributed by atoms with van der Waals surface area (Å²) in [7, 11) is 1.36. The van der Waals surface area contributed by atoms with Crippen molar-refractivity contribution in [1.82, 2.24) is 4.90 Å². The largest absolute Gasteiger partial charge is 0.469 e. The number of hydrogen-bond donors (Lipinski definition) is 0. The molecule has 198 valence electrons.